The molecule has 98 valence electrons. The number of pyridine rings is 1. The fraction of sp³-hybridized carbons (Fsp3) is 0.143. The summed E-state index contributed by atoms with van der Waals surface area (Å²) in [7, 11) is 0. The summed E-state index contributed by atoms with van der Waals surface area (Å²) in [6.07, 6.45) is 0. The molecule has 1 N–H and O–H groups in total. The van der Waals surface area contributed by atoms with Gasteiger partial charge in [0, 0.05) is 16.9 Å². The van der Waals surface area contributed by atoms with Gasteiger partial charge in [-0.3, -0.25) is 4.79 Å². The molecule has 1 heterocycles. The second kappa shape index (κ2) is 5.36. The number of aryl methyl sites for hydroxylation is 2. The van der Waals surface area contributed by atoms with Crippen LogP contribution in [0.4, 0.5) is 10.1 Å². The van der Waals surface area contributed by atoms with Crippen molar-refractivity contribution in [1.29, 1.82) is 0 Å². The van der Waals surface area contributed by atoms with Crippen molar-refractivity contribution in [3.8, 4) is 0 Å². The topological polar surface area (TPSA) is 42.0 Å². The van der Waals surface area contributed by atoms with E-state index in [0.717, 1.165) is 0 Å². The molecule has 1 aromatic carbocycles. The number of hydrogen-bond donors (Lipinski definition) is 1. The number of nitrogens with one attached hydrogen (secondary N) is 1. The smallest absolute Gasteiger partial charge is 0.255 e. The molecule has 1 aromatic heterocycles. The molecule has 0 radical (unpaired) electrons. The van der Waals surface area contributed by atoms with Crippen molar-refractivity contribution in [2.75, 3.05) is 5.32 Å². The Morgan fingerprint density at radius 1 is 1.26 bits per heavy atom. The van der Waals surface area contributed by atoms with Gasteiger partial charge in [-0.2, -0.15) is 0 Å². The Hall–Kier alpha value is -1.94. The lowest BCUT2D eigenvalue weighted by atomic mass is 10.2. The third-order valence-electron chi connectivity index (χ3n) is 2.60. The summed E-state index contributed by atoms with van der Waals surface area (Å²) < 4.78 is 13.1. The lowest BCUT2D eigenvalue weighted by Crippen LogP contribution is -2.12. The van der Waals surface area contributed by atoms with Crippen LogP contribution in [0, 0.1) is 19.7 Å². The standard InChI is InChI=1S/C14H12ClFN2O/c1-8-5-11(3-4-12(8)16)18-14(19)10-6-9(2)17-13(15)7-10/h3-7H,1-2H3,(H,18,19). The predicted molar refractivity (Wildman–Crippen MR) is 73.1 cm³/mol. The molecule has 0 fully saturated rings. The number of carbonyl (C=O) groups excluding carboxylic acids is 1. The van der Waals surface area contributed by atoms with Gasteiger partial charge in [-0.05, 0) is 49.7 Å². The van der Waals surface area contributed by atoms with E-state index in [0.29, 0.717) is 22.5 Å². The van der Waals surface area contributed by atoms with Gasteiger partial charge in [0.15, 0.2) is 0 Å². The molecule has 0 aliphatic heterocycles. The summed E-state index contributed by atoms with van der Waals surface area (Å²) in [4.78, 5) is 16.0. The van der Waals surface area contributed by atoms with Crippen molar-refractivity contribution in [3.05, 3.63) is 58.1 Å². The van der Waals surface area contributed by atoms with E-state index >= 15 is 0 Å². The monoisotopic (exact) mass is 278 g/mol. The Labute approximate surface area is 115 Å². The lowest BCUT2D eigenvalue weighted by molar-refractivity contribution is 0.102. The van der Waals surface area contributed by atoms with Gasteiger partial charge in [0.05, 0.1) is 0 Å². The third kappa shape index (κ3) is 3.29. The van der Waals surface area contributed by atoms with Crippen LogP contribution in [-0.2, 0) is 0 Å². The first-order chi connectivity index (χ1) is 8.95. The first-order valence-corrected chi connectivity index (χ1v) is 6.05. The summed E-state index contributed by atoms with van der Waals surface area (Å²) in [6.45, 7) is 3.39. The SMILES string of the molecule is Cc1cc(C(=O)Nc2ccc(F)c(C)c2)cc(Cl)n1. The van der Waals surface area contributed by atoms with Gasteiger partial charge < -0.3 is 5.32 Å². The number of anilines is 1. The molecule has 0 saturated carbocycles. The summed E-state index contributed by atoms with van der Waals surface area (Å²) in [6, 6.07) is 7.52. The summed E-state index contributed by atoms with van der Waals surface area (Å²) in [5, 5.41) is 2.95. The van der Waals surface area contributed by atoms with E-state index in [2.05, 4.69) is 10.3 Å². The fourth-order valence-electron chi connectivity index (χ4n) is 1.68. The van der Waals surface area contributed by atoms with Crippen LogP contribution in [0.5, 0.6) is 0 Å². The van der Waals surface area contributed by atoms with Gasteiger partial charge in [0.25, 0.3) is 5.91 Å². The highest BCUT2D eigenvalue weighted by molar-refractivity contribution is 6.29. The van der Waals surface area contributed by atoms with E-state index < -0.39 is 0 Å². The van der Waals surface area contributed by atoms with Gasteiger partial charge in [0.2, 0.25) is 0 Å². The predicted octanol–water partition coefficient (Wildman–Crippen LogP) is 3.74. The number of aromatic nitrogens is 1. The first-order valence-electron chi connectivity index (χ1n) is 5.67. The normalized spacial score (nSPS) is 10.3. The minimum atomic E-state index is -0.307. The molecule has 19 heavy (non-hydrogen) atoms. The second-order valence-electron chi connectivity index (χ2n) is 4.24. The molecule has 1 amide bonds. The average molecular weight is 279 g/mol. The number of hydrogen-bond acceptors (Lipinski definition) is 2. The molecule has 0 atom stereocenters. The van der Waals surface area contributed by atoms with E-state index in [1.165, 1.54) is 18.2 Å². The Bertz CT molecular complexity index is 623. The van der Waals surface area contributed by atoms with Crippen molar-refractivity contribution in [2.45, 2.75) is 13.8 Å². The van der Waals surface area contributed by atoms with Crippen LogP contribution in [0.15, 0.2) is 30.3 Å². The first kappa shape index (κ1) is 13.5. The van der Waals surface area contributed by atoms with E-state index in [1.54, 1.807) is 26.0 Å². The molecule has 0 saturated heterocycles. The molecule has 0 aliphatic carbocycles. The maximum Gasteiger partial charge on any atom is 0.255 e. The van der Waals surface area contributed by atoms with Gasteiger partial charge in [-0.15, -0.1) is 0 Å². The minimum Gasteiger partial charge on any atom is -0.322 e. The molecule has 0 unspecified atom stereocenters. The summed E-state index contributed by atoms with van der Waals surface area (Å²) in [5.41, 5.74) is 2.09. The average Bonchev–Trinajstić information content (AvgIpc) is 2.32. The van der Waals surface area contributed by atoms with Crippen LogP contribution in [0.3, 0.4) is 0 Å². The molecule has 0 spiro atoms. The molecule has 2 aromatic rings. The Balaban J connectivity index is 2.22. The maximum absolute atomic E-state index is 13.1. The molecular formula is C14H12ClFN2O. The highest BCUT2D eigenvalue weighted by Crippen LogP contribution is 2.16. The molecule has 2 rings (SSSR count). The van der Waals surface area contributed by atoms with Crippen molar-refractivity contribution in [3.63, 3.8) is 0 Å². The van der Waals surface area contributed by atoms with Gasteiger partial charge in [-0.1, -0.05) is 11.6 Å². The van der Waals surface area contributed by atoms with Crippen molar-refractivity contribution < 1.29 is 9.18 Å². The third-order valence-corrected chi connectivity index (χ3v) is 2.79. The zero-order valence-electron chi connectivity index (χ0n) is 10.5. The van der Waals surface area contributed by atoms with Crippen LogP contribution in [-0.4, -0.2) is 10.9 Å². The number of nitrogens with zero attached hydrogens (tertiary/aromatic N) is 1. The second-order valence-corrected chi connectivity index (χ2v) is 4.63. The number of carbonyl (C=O) groups is 1. The van der Waals surface area contributed by atoms with E-state index in [-0.39, 0.29) is 16.9 Å². The van der Waals surface area contributed by atoms with Crippen LogP contribution in [0.25, 0.3) is 0 Å². The highest BCUT2D eigenvalue weighted by Gasteiger charge is 2.09. The fourth-order valence-corrected chi connectivity index (χ4v) is 1.94. The zero-order chi connectivity index (χ0) is 14.0. The van der Waals surface area contributed by atoms with Crippen LogP contribution in [0.1, 0.15) is 21.6 Å². The maximum atomic E-state index is 13.1. The van der Waals surface area contributed by atoms with E-state index in [9.17, 15) is 9.18 Å². The molecule has 0 bridgehead atoms. The molecule has 0 aliphatic rings. The van der Waals surface area contributed by atoms with Gasteiger partial charge in [0.1, 0.15) is 11.0 Å². The minimum absolute atomic E-state index is 0.264. The number of halogens is 2. The van der Waals surface area contributed by atoms with Crippen molar-refractivity contribution in [1.82, 2.24) is 4.98 Å². The molecule has 3 nitrogen and oxygen atoms in total. The van der Waals surface area contributed by atoms with Crippen LogP contribution >= 0.6 is 11.6 Å². The van der Waals surface area contributed by atoms with E-state index in [4.69, 9.17) is 11.6 Å². The highest BCUT2D eigenvalue weighted by atomic mass is 35.5. The quantitative estimate of drug-likeness (QED) is 0.850. The van der Waals surface area contributed by atoms with Crippen molar-refractivity contribution in [2.24, 2.45) is 0 Å². The Morgan fingerprint density at radius 3 is 2.63 bits per heavy atom. The van der Waals surface area contributed by atoms with Gasteiger partial charge >= 0.3 is 0 Å². The molecule has 5 heteroatoms. The summed E-state index contributed by atoms with van der Waals surface area (Å²) in [5.74, 6) is -0.612. The van der Waals surface area contributed by atoms with Gasteiger partial charge in [-0.25, -0.2) is 9.37 Å². The number of amides is 1. The zero-order valence-corrected chi connectivity index (χ0v) is 11.3. The summed E-state index contributed by atoms with van der Waals surface area (Å²) >= 11 is 5.80. The Kier molecular flexibility index (Phi) is 3.81. The van der Waals surface area contributed by atoms with Crippen molar-refractivity contribution >= 4 is 23.2 Å². The number of benzene rings is 1. The van der Waals surface area contributed by atoms with Crippen LogP contribution in [0.2, 0.25) is 5.15 Å². The number of rotatable bonds is 2. The van der Waals surface area contributed by atoms with Crippen LogP contribution < -0.4 is 5.32 Å². The lowest BCUT2D eigenvalue weighted by Gasteiger charge is -2.07. The Morgan fingerprint density at radius 2 is 2.00 bits per heavy atom. The molecular weight excluding hydrogens is 267 g/mol. The van der Waals surface area contributed by atoms with E-state index in [1.807, 2.05) is 0 Å². The largest absolute Gasteiger partial charge is 0.322 e.